The molecule has 0 spiro atoms. The molecule has 3 aliphatic heterocycles. The molecule has 3 atom stereocenters. The third kappa shape index (κ3) is 8.92. The number of urea groups is 1. The van der Waals surface area contributed by atoms with Gasteiger partial charge in [-0.1, -0.05) is 13.8 Å². The second-order valence-electron chi connectivity index (χ2n) is 11.9. The predicted molar refractivity (Wildman–Crippen MR) is 150 cm³/mol. The van der Waals surface area contributed by atoms with E-state index in [-0.39, 0.29) is 44.6 Å². The first-order valence-corrected chi connectivity index (χ1v) is 15.9. The molecule has 4 amide bonds. The van der Waals surface area contributed by atoms with Crippen LogP contribution in [0.1, 0.15) is 60.3 Å². The van der Waals surface area contributed by atoms with Gasteiger partial charge in [-0.15, -0.1) is 4.28 Å². The molecule has 3 aliphatic rings. The lowest BCUT2D eigenvalue weighted by atomic mass is 9.95. The maximum Gasteiger partial charge on any atom is 0.421 e. The number of hydroxylamine groups is 2. The monoisotopic (exact) mass is 649 g/mol. The Hall–Kier alpha value is -3.22. The summed E-state index contributed by atoms with van der Waals surface area (Å²) in [5.41, 5.74) is 4.41. The van der Waals surface area contributed by atoms with Crippen molar-refractivity contribution in [3.05, 3.63) is 0 Å². The third-order valence-corrected chi connectivity index (χ3v) is 8.41. The minimum atomic E-state index is -4.71. The van der Waals surface area contributed by atoms with Crippen LogP contribution >= 0.6 is 0 Å². The van der Waals surface area contributed by atoms with Crippen molar-refractivity contribution in [2.75, 3.05) is 39.6 Å². The topological polar surface area (TPSA) is 213 Å². The van der Waals surface area contributed by atoms with Gasteiger partial charge >= 0.3 is 34.5 Å². The Bertz CT molecular complexity index is 1190. The third-order valence-electron chi connectivity index (χ3n) is 7.66. The number of carbonyl (C=O) groups is 5. The number of piperidine rings is 2. The number of amides is 4. The number of hydrogen-bond donors (Lipinski definition) is 2. The molecular weight excluding hydrogens is 606 g/mol. The van der Waals surface area contributed by atoms with E-state index in [9.17, 15) is 32.4 Å². The second kappa shape index (κ2) is 14.7. The number of esters is 2. The van der Waals surface area contributed by atoms with Crippen molar-refractivity contribution >= 4 is 40.4 Å². The molecule has 0 saturated carbocycles. The normalized spacial score (nSPS) is 21.7. The lowest BCUT2D eigenvalue weighted by molar-refractivity contribution is -0.156. The van der Waals surface area contributed by atoms with Crippen molar-refractivity contribution in [3.63, 3.8) is 0 Å². The second-order valence-corrected chi connectivity index (χ2v) is 13.1. The molecule has 1 unspecified atom stereocenters. The summed E-state index contributed by atoms with van der Waals surface area (Å²) in [4.78, 5) is 65.0. The molecule has 44 heavy (non-hydrogen) atoms. The molecule has 3 heterocycles. The standard InChI is InChI=1S/C26H43N5O12S/c1-6-39-23(34)26(4,5)14-42-44(37,38)43-31-18-7-8-19(30(13-18)24(31)35)21(32)28-17-9-11-29(12-10-17)25(36)41-15-40-22(33)20(27)16(2)3/h16-20H,6-15,27H2,1-5H3,(H,28,32)/t18-,19+,20?/m1/s1. The van der Waals surface area contributed by atoms with Gasteiger partial charge in [0.25, 0.3) is 0 Å². The molecule has 3 N–H and O–H groups in total. The fourth-order valence-electron chi connectivity index (χ4n) is 4.83. The van der Waals surface area contributed by atoms with Crippen LogP contribution in [0.4, 0.5) is 9.59 Å². The van der Waals surface area contributed by atoms with Crippen LogP contribution in [-0.2, 0) is 47.5 Å². The van der Waals surface area contributed by atoms with Gasteiger partial charge in [0, 0.05) is 25.7 Å². The molecule has 3 saturated heterocycles. The summed E-state index contributed by atoms with van der Waals surface area (Å²) in [6.07, 6.45) is 0.777. The average Bonchev–Trinajstić information content (AvgIpc) is 3.19. The van der Waals surface area contributed by atoms with Crippen LogP contribution in [0, 0.1) is 11.3 Å². The number of nitrogens with two attached hydrogens (primary N) is 1. The molecule has 2 bridgehead atoms. The van der Waals surface area contributed by atoms with Crippen LogP contribution in [0.5, 0.6) is 0 Å². The first-order valence-electron chi connectivity index (χ1n) is 14.6. The molecule has 18 heteroatoms. The van der Waals surface area contributed by atoms with Crippen LogP contribution in [0.25, 0.3) is 0 Å². The van der Waals surface area contributed by atoms with Crippen molar-refractivity contribution in [2.45, 2.75) is 84.5 Å². The summed E-state index contributed by atoms with van der Waals surface area (Å²) in [7, 11) is -4.71. The minimum Gasteiger partial charge on any atom is -0.466 e. The highest BCUT2D eigenvalue weighted by Gasteiger charge is 2.50. The van der Waals surface area contributed by atoms with Gasteiger partial charge in [-0.25, -0.2) is 13.8 Å². The molecule has 0 aromatic heterocycles. The van der Waals surface area contributed by atoms with Gasteiger partial charge in [0.2, 0.25) is 12.7 Å². The number of nitrogens with one attached hydrogen (secondary N) is 1. The molecule has 3 fully saturated rings. The van der Waals surface area contributed by atoms with Gasteiger partial charge < -0.3 is 35.1 Å². The predicted octanol–water partition coefficient (Wildman–Crippen LogP) is 0.239. The summed E-state index contributed by atoms with van der Waals surface area (Å²) in [6, 6.07) is -3.34. The highest BCUT2D eigenvalue weighted by Crippen LogP contribution is 2.31. The van der Waals surface area contributed by atoms with E-state index in [1.54, 1.807) is 20.8 Å². The van der Waals surface area contributed by atoms with E-state index in [1.807, 2.05) is 0 Å². The zero-order valence-electron chi connectivity index (χ0n) is 25.7. The number of hydrogen-bond acceptors (Lipinski definition) is 13. The fourth-order valence-corrected chi connectivity index (χ4v) is 5.69. The molecule has 17 nitrogen and oxygen atoms in total. The molecule has 3 rings (SSSR count). The molecular formula is C26H43N5O12S. The van der Waals surface area contributed by atoms with Crippen LogP contribution in [0.15, 0.2) is 0 Å². The van der Waals surface area contributed by atoms with Crippen molar-refractivity contribution in [1.29, 1.82) is 0 Å². The van der Waals surface area contributed by atoms with Crippen molar-refractivity contribution < 1.29 is 55.1 Å². The van der Waals surface area contributed by atoms with E-state index in [2.05, 4.69) is 5.32 Å². The first-order chi connectivity index (χ1) is 20.6. The van der Waals surface area contributed by atoms with Gasteiger partial charge in [0.15, 0.2) is 0 Å². The summed E-state index contributed by atoms with van der Waals surface area (Å²) in [6.45, 7) is 7.69. The largest absolute Gasteiger partial charge is 0.466 e. The van der Waals surface area contributed by atoms with Crippen LogP contribution < -0.4 is 11.1 Å². The van der Waals surface area contributed by atoms with E-state index < -0.39 is 77.3 Å². The van der Waals surface area contributed by atoms with Crippen LogP contribution in [0.2, 0.25) is 0 Å². The van der Waals surface area contributed by atoms with E-state index in [4.69, 9.17) is 28.4 Å². The van der Waals surface area contributed by atoms with Gasteiger partial charge in [0.1, 0.15) is 12.1 Å². The molecule has 0 aromatic rings. The van der Waals surface area contributed by atoms with Crippen LogP contribution in [-0.4, -0.2) is 117 Å². The summed E-state index contributed by atoms with van der Waals surface area (Å²) < 4.78 is 49.6. The van der Waals surface area contributed by atoms with E-state index in [0.717, 1.165) is 0 Å². The number of carbonyl (C=O) groups excluding carboxylic acids is 5. The Morgan fingerprint density at radius 1 is 1.05 bits per heavy atom. The van der Waals surface area contributed by atoms with Crippen molar-refractivity contribution in [2.24, 2.45) is 17.1 Å². The SMILES string of the molecule is CCOC(=O)C(C)(C)COS(=O)(=O)ON1C(=O)N2C[C@H]1CC[C@H]2C(=O)NC1CCN(C(=O)OCOC(=O)C(N)C(C)C)CC1. The number of rotatable bonds is 13. The Morgan fingerprint density at radius 2 is 1.70 bits per heavy atom. The first kappa shape index (κ1) is 35.3. The maximum atomic E-state index is 13.1. The van der Waals surface area contributed by atoms with Crippen LogP contribution in [0.3, 0.4) is 0 Å². The van der Waals surface area contributed by atoms with Gasteiger partial charge in [0.05, 0.1) is 24.7 Å². The number of fused-ring (bicyclic) bond motifs is 2. The van der Waals surface area contributed by atoms with E-state index in [1.165, 1.54) is 23.6 Å². The molecule has 0 aliphatic carbocycles. The zero-order valence-corrected chi connectivity index (χ0v) is 26.5. The number of ether oxygens (including phenoxy) is 3. The highest BCUT2D eigenvalue weighted by atomic mass is 32.3. The lowest BCUT2D eigenvalue weighted by Gasteiger charge is -2.34. The smallest absolute Gasteiger partial charge is 0.421 e. The maximum absolute atomic E-state index is 13.1. The van der Waals surface area contributed by atoms with Gasteiger partial charge in [-0.2, -0.15) is 13.5 Å². The Morgan fingerprint density at radius 3 is 2.32 bits per heavy atom. The number of likely N-dealkylation sites (tertiary alicyclic amines) is 1. The summed E-state index contributed by atoms with van der Waals surface area (Å²) in [5, 5.41) is 3.60. The van der Waals surface area contributed by atoms with Crippen molar-refractivity contribution in [1.82, 2.24) is 20.2 Å². The lowest BCUT2D eigenvalue weighted by Crippen LogP contribution is -2.54. The average molecular weight is 650 g/mol. The highest BCUT2D eigenvalue weighted by molar-refractivity contribution is 7.81. The van der Waals surface area contributed by atoms with E-state index in [0.29, 0.717) is 24.3 Å². The molecule has 0 aromatic carbocycles. The number of nitrogens with zero attached hydrogens (tertiary/aromatic N) is 3. The van der Waals surface area contributed by atoms with Gasteiger partial charge in [-0.05, 0) is 52.4 Å². The Labute approximate surface area is 256 Å². The summed E-state index contributed by atoms with van der Waals surface area (Å²) >= 11 is 0. The molecule has 0 radical (unpaired) electrons. The zero-order chi connectivity index (χ0) is 32.8. The fraction of sp³-hybridized carbons (Fsp3) is 0.808. The Balaban J connectivity index is 1.44. The summed E-state index contributed by atoms with van der Waals surface area (Å²) in [5.74, 6) is -1.85. The van der Waals surface area contributed by atoms with Crippen molar-refractivity contribution in [3.8, 4) is 0 Å². The molecule has 250 valence electrons. The van der Waals surface area contributed by atoms with E-state index >= 15 is 0 Å². The minimum absolute atomic E-state index is 0.0810. The van der Waals surface area contributed by atoms with Gasteiger partial charge in [-0.3, -0.25) is 14.4 Å². The quantitative estimate of drug-likeness (QED) is 0.202. The Kier molecular flexibility index (Phi) is 11.8.